The van der Waals surface area contributed by atoms with E-state index >= 15 is 0 Å². The highest BCUT2D eigenvalue weighted by molar-refractivity contribution is 6.01. The van der Waals surface area contributed by atoms with Crippen LogP contribution in [0.1, 0.15) is 26.7 Å². The van der Waals surface area contributed by atoms with Crippen molar-refractivity contribution in [3.8, 4) is 0 Å². The maximum Gasteiger partial charge on any atom is 0.320 e. The number of ether oxygens (including phenoxy) is 2. The number of amides is 1. The van der Waals surface area contributed by atoms with Gasteiger partial charge in [-0.15, -0.1) is 0 Å². The Bertz CT molecular complexity index is 295. The Hall–Kier alpha value is -1.10. The van der Waals surface area contributed by atoms with E-state index in [1.807, 2.05) is 0 Å². The number of esters is 1. The van der Waals surface area contributed by atoms with E-state index in [9.17, 15) is 9.59 Å². The van der Waals surface area contributed by atoms with Crippen molar-refractivity contribution in [1.29, 1.82) is 0 Å². The van der Waals surface area contributed by atoms with Gasteiger partial charge in [0.05, 0.1) is 7.11 Å². The molecule has 1 amide bonds. The van der Waals surface area contributed by atoms with E-state index in [1.165, 1.54) is 7.11 Å². The molecule has 0 aromatic rings. The fraction of sp³-hybridized carbons (Fsp3) is 0.833. The van der Waals surface area contributed by atoms with Crippen LogP contribution in [0.15, 0.2) is 0 Å². The van der Waals surface area contributed by atoms with Crippen molar-refractivity contribution in [2.75, 3.05) is 27.4 Å². The molecule has 0 aromatic heterocycles. The number of hydrogen-bond acceptors (Lipinski definition) is 4. The van der Waals surface area contributed by atoms with Gasteiger partial charge in [0.2, 0.25) is 5.91 Å². The van der Waals surface area contributed by atoms with Gasteiger partial charge in [0.25, 0.3) is 0 Å². The Balaban J connectivity index is 2.70. The number of rotatable bonds is 3. The Labute approximate surface area is 102 Å². The van der Waals surface area contributed by atoms with Crippen molar-refractivity contribution in [2.24, 2.45) is 5.41 Å². The van der Waals surface area contributed by atoms with Gasteiger partial charge in [-0.3, -0.25) is 9.59 Å². The van der Waals surface area contributed by atoms with E-state index in [-0.39, 0.29) is 11.9 Å². The fourth-order valence-corrected chi connectivity index (χ4v) is 2.02. The lowest BCUT2D eigenvalue weighted by molar-refractivity contribution is -0.161. The van der Waals surface area contributed by atoms with Crippen molar-refractivity contribution in [1.82, 2.24) is 4.90 Å². The summed E-state index contributed by atoms with van der Waals surface area (Å²) < 4.78 is 9.92. The maximum atomic E-state index is 12.2. The average Bonchev–Trinajstić information content (AvgIpc) is 2.36. The largest absolute Gasteiger partial charge is 0.468 e. The summed E-state index contributed by atoms with van der Waals surface area (Å²) in [7, 11) is 3.04. The van der Waals surface area contributed by atoms with Gasteiger partial charge in [0.15, 0.2) is 0 Å². The molecule has 5 nitrogen and oxygen atoms in total. The quantitative estimate of drug-likeness (QED) is 0.544. The average molecular weight is 243 g/mol. The van der Waals surface area contributed by atoms with E-state index < -0.39 is 11.4 Å². The highest BCUT2D eigenvalue weighted by Gasteiger charge is 2.41. The first kappa shape index (κ1) is 14.0. The van der Waals surface area contributed by atoms with E-state index in [0.29, 0.717) is 13.2 Å². The Morgan fingerprint density at radius 3 is 2.29 bits per heavy atom. The molecule has 0 aliphatic carbocycles. The van der Waals surface area contributed by atoms with E-state index in [0.717, 1.165) is 12.8 Å². The third-order valence-electron chi connectivity index (χ3n) is 3.29. The molecule has 5 heteroatoms. The smallest absolute Gasteiger partial charge is 0.320 e. The molecule has 0 unspecified atom stereocenters. The molecule has 1 aliphatic heterocycles. The van der Waals surface area contributed by atoms with Crippen LogP contribution in [0.2, 0.25) is 0 Å². The van der Waals surface area contributed by atoms with Crippen LogP contribution in [-0.4, -0.2) is 50.2 Å². The van der Waals surface area contributed by atoms with Crippen molar-refractivity contribution in [3.05, 3.63) is 0 Å². The summed E-state index contributed by atoms with van der Waals surface area (Å²) in [5.41, 5.74) is -1.12. The standard InChI is InChI=1S/C12H21NO4/c1-12(2,11(15)16-4)10(14)13(3)9-5-7-17-8-6-9/h9H,5-8H2,1-4H3. The summed E-state index contributed by atoms with van der Waals surface area (Å²) >= 11 is 0. The second-order valence-corrected chi connectivity index (χ2v) is 4.88. The van der Waals surface area contributed by atoms with Crippen LogP contribution in [0, 0.1) is 5.41 Å². The van der Waals surface area contributed by atoms with Gasteiger partial charge in [-0.05, 0) is 26.7 Å². The Kier molecular flexibility index (Phi) is 4.51. The molecular formula is C12H21NO4. The van der Waals surface area contributed by atoms with Gasteiger partial charge < -0.3 is 14.4 Å². The van der Waals surface area contributed by atoms with Crippen molar-refractivity contribution in [3.63, 3.8) is 0 Å². The number of carbonyl (C=O) groups excluding carboxylic acids is 2. The highest BCUT2D eigenvalue weighted by Crippen LogP contribution is 2.23. The van der Waals surface area contributed by atoms with Crippen molar-refractivity contribution >= 4 is 11.9 Å². The van der Waals surface area contributed by atoms with Crippen LogP contribution in [0.4, 0.5) is 0 Å². The first-order chi connectivity index (χ1) is 7.91. The molecule has 0 atom stereocenters. The van der Waals surface area contributed by atoms with Crippen LogP contribution >= 0.6 is 0 Å². The monoisotopic (exact) mass is 243 g/mol. The van der Waals surface area contributed by atoms with Crippen LogP contribution in [0.25, 0.3) is 0 Å². The molecule has 0 aromatic carbocycles. The topological polar surface area (TPSA) is 55.8 Å². The zero-order chi connectivity index (χ0) is 13.1. The Morgan fingerprint density at radius 2 is 1.82 bits per heavy atom. The summed E-state index contributed by atoms with van der Waals surface area (Å²) in [6, 6.07) is 0.153. The predicted molar refractivity (Wildman–Crippen MR) is 62.4 cm³/mol. The molecule has 0 spiro atoms. The van der Waals surface area contributed by atoms with Crippen LogP contribution in [-0.2, 0) is 19.1 Å². The van der Waals surface area contributed by atoms with Gasteiger partial charge in [-0.25, -0.2) is 0 Å². The summed E-state index contributed by atoms with van der Waals surface area (Å²) in [6.45, 7) is 4.52. The maximum absolute atomic E-state index is 12.2. The number of nitrogens with zero attached hydrogens (tertiary/aromatic N) is 1. The molecule has 0 N–H and O–H groups in total. The van der Waals surface area contributed by atoms with Gasteiger partial charge in [0, 0.05) is 26.3 Å². The summed E-state index contributed by atoms with van der Waals surface area (Å²) in [5.74, 6) is -0.697. The number of carbonyl (C=O) groups is 2. The fourth-order valence-electron chi connectivity index (χ4n) is 2.02. The number of hydrogen-bond donors (Lipinski definition) is 0. The Morgan fingerprint density at radius 1 is 1.29 bits per heavy atom. The van der Waals surface area contributed by atoms with Crippen LogP contribution in [0.5, 0.6) is 0 Å². The number of methoxy groups -OCH3 is 1. The first-order valence-electron chi connectivity index (χ1n) is 5.84. The SMILES string of the molecule is COC(=O)C(C)(C)C(=O)N(C)C1CCOCC1. The van der Waals surface area contributed by atoms with Gasteiger partial charge >= 0.3 is 5.97 Å². The molecule has 1 fully saturated rings. The van der Waals surface area contributed by atoms with E-state index in [1.54, 1.807) is 25.8 Å². The van der Waals surface area contributed by atoms with Crippen LogP contribution < -0.4 is 0 Å². The van der Waals surface area contributed by atoms with Crippen LogP contribution in [0.3, 0.4) is 0 Å². The summed E-state index contributed by atoms with van der Waals surface area (Å²) in [4.78, 5) is 25.5. The molecule has 1 saturated heterocycles. The third-order valence-corrected chi connectivity index (χ3v) is 3.29. The molecule has 0 bridgehead atoms. The molecule has 0 radical (unpaired) electrons. The molecule has 1 aliphatic rings. The van der Waals surface area contributed by atoms with E-state index in [4.69, 9.17) is 4.74 Å². The van der Waals surface area contributed by atoms with Gasteiger partial charge in [0.1, 0.15) is 5.41 Å². The third kappa shape index (κ3) is 2.97. The lowest BCUT2D eigenvalue weighted by atomic mass is 9.90. The molecule has 98 valence electrons. The van der Waals surface area contributed by atoms with Crippen molar-refractivity contribution in [2.45, 2.75) is 32.7 Å². The zero-order valence-electron chi connectivity index (χ0n) is 11.0. The molecule has 0 saturated carbocycles. The minimum atomic E-state index is -1.12. The predicted octanol–water partition coefficient (Wildman–Crippen LogP) is 0.823. The second-order valence-electron chi connectivity index (χ2n) is 4.88. The second kappa shape index (κ2) is 5.49. The van der Waals surface area contributed by atoms with E-state index in [2.05, 4.69) is 4.74 Å². The molecule has 1 heterocycles. The molecule has 1 rings (SSSR count). The highest BCUT2D eigenvalue weighted by atomic mass is 16.5. The zero-order valence-corrected chi connectivity index (χ0v) is 11.0. The first-order valence-corrected chi connectivity index (χ1v) is 5.84. The summed E-state index contributed by atoms with van der Waals surface area (Å²) in [6.07, 6.45) is 1.64. The molecular weight excluding hydrogens is 222 g/mol. The van der Waals surface area contributed by atoms with Gasteiger partial charge in [-0.2, -0.15) is 0 Å². The summed E-state index contributed by atoms with van der Waals surface area (Å²) in [5, 5.41) is 0. The van der Waals surface area contributed by atoms with Gasteiger partial charge in [-0.1, -0.05) is 0 Å². The minimum Gasteiger partial charge on any atom is -0.468 e. The van der Waals surface area contributed by atoms with Crippen molar-refractivity contribution < 1.29 is 19.1 Å². The minimum absolute atomic E-state index is 0.153. The normalized spacial score (nSPS) is 17.6. The lowest BCUT2D eigenvalue weighted by Crippen LogP contribution is -2.49. The molecule has 17 heavy (non-hydrogen) atoms. The lowest BCUT2D eigenvalue weighted by Gasteiger charge is -2.35.